The summed E-state index contributed by atoms with van der Waals surface area (Å²) in [7, 11) is 0. The van der Waals surface area contributed by atoms with Crippen LogP contribution in [-0.4, -0.2) is 29.3 Å². The largest absolute Gasteiger partial charge is 0.416 e. The van der Waals surface area contributed by atoms with Gasteiger partial charge >= 0.3 is 6.18 Å². The first-order valence-corrected chi connectivity index (χ1v) is 7.62. The fourth-order valence-corrected chi connectivity index (χ4v) is 2.98. The molecule has 1 aromatic rings. The summed E-state index contributed by atoms with van der Waals surface area (Å²) in [6.45, 7) is 0.355. The molecule has 0 bridgehead atoms. The number of carbonyl (C=O) groups is 2. The van der Waals surface area contributed by atoms with Gasteiger partial charge in [0.25, 0.3) is 0 Å². The topological polar surface area (TPSA) is 49.4 Å². The van der Waals surface area contributed by atoms with Gasteiger partial charge in [-0.25, -0.2) is 0 Å². The Bertz CT molecular complexity index is 626. The third kappa shape index (κ3) is 3.33. The van der Waals surface area contributed by atoms with Crippen molar-refractivity contribution in [1.29, 1.82) is 0 Å². The van der Waals surface area contributed by atoms with Gasteiger partial charge in [0, 0.05) is 24.7 Å². The van der Waals surface area contributed by atoms with Crippen molar-refractivity contribution in [2.24, 2.45) is 5.92 Å². The van der Waals surface area contributed by atoms with E-state index < -0.39 is 23.6 Å². The highest BCUT2D eigenvalue weighted by atomic mass is 19.4. The van der Waals surface area contributed by atoms with Crippen LogP contribution in [0.1, 0.15) is 31.2 Å². The van der Waals surface area contributed by atoms with Gasteiger partial charge in [0.2, 0.25) is 11.8 Å². The van der Waals surface area contributed by atoms with E-state index in [-0.39, 0.29) is 24.1 Å². The van der Waals surface area contributed by atoms with Crippen LogP contribution < -0.4 is 5.32 Å². The SMILES string of the molecule is O=C(Nc1cccc(C(F)(F)F)c1)C1CC(=O)N(C2CCC2)C1. The number of nitrogens with zero attached hydrogens (tertiary/aromatic N) is 1. The van der Waals surface area contributed by atoms with Gasteiger partial charge in [0.15, 0.2) is 0 Å². The predicted octanol–water partition coefficient (Wildman–Crippen LogP) is 3.04. The van der Waals surface area contributed by atoms with Gasteiger partial charge in [-0.2, -0.15) is 13.2 Å². The Balaban J connectivity index is 1.64. The molecule has 1 heterocycles. The first-order chi connectivity index (χ1) is 10.8. The molecule has 0 aromatic heterocycles. The van der Waals surface area contributed by atoms with Crippen LogP contribution in [0.15, 0.2) is 24.3 Å². The number of hydrogen-bond acceptors (Lipinski definition) is 2. The molecular formula is C16H17F3N2O2. The van der Waals surface area contributed by atoms with E-state index in [1.165, 1.54) is 12.1 Å². The van der Waals surface area contributed by atoms with Crippen LogP contribution >= 0.6 is 0 Å². The molecule has 1 saturated carbocycles. The second-order valence-corrected chi connectivity index (χ2v) is 6.10. The molecule has 1 saturated heterocycles. The number of carbonyl (C=O) groups excluding carboxylic acids is 2. The van der Waals surface area contributed by atoms with E-state index >= 15 is 0 Å². The van der Waals surface area contributed by atoms with E-state index in [2.05, 4.69) is 5.32 Å². The number of benzene rings is 1. The molecule has 1 aliphatic carbocycles. The lowest BCUT2D eigenvalue weighted by Gasteiger charge is -2.34. The molecule has 4 nitrogen and oxygen atoms in total. The van der Waals surface area contributed by atoms with E-state index in [9.17, 15) is 22.8 Å². The van der Waals surface area contributed by atoms with Crippen molar-refractivity contribution in [3.05, 3.63) is 29.8 Å². The van der Waals surface area contributed by atoms with E-state index in [0.29, 0.717) is 6.54 Å². The van der Waals surface area contributed by atoms with Crippen LogP contribution in [0.5, 0.6) is 0 Å². The Morgan fingerprint density at radius 1 is 1.26 bits per heavy atom. The molecule has 3 rings (SSSR count). The molecule has 124 valence electrons. The van der Waals surface area contributed by atoms with Gasteiger partial charge in [-0.05, 0) is 37.5 Å². The summed E-state index contributed by atoms with van der Waals surface area (Å²) < 4.78 is 38.0. The number of likely N-dealkylation sites (tertiary alicyclic amines) is 1. The maximum Gasteiger partial charge on any atom is 0.416 e. The highest BCUT2D eigenvalue weighted by Crippen LogP contribution is 2.32. The molecule has 2 amide bonds. The average molecular weight is 326 g/mol. The normalized spacial score (nSPS) is 22.1. The molecule has 2 aliphatic rings. The zero-order chi connectivity index (χ0) is 16.6. The molecule has 1 aromatic carbocycles. The number of halogens is 3. The molecule has 1 N–H and O–H groups in total. The molecule has 1 atom stereocenters. The number of nitrogens with one attached hydrogen (secondary N) is 1. The first-order valence-electron chi connectivity index (χ1n) is 7.62. The Kier molecular flexibility index (Phi) is 4.04. The van der Waals surface area contributed by atoms with Crippen molar-refractivity contribution >= 4 is 17.5 Å². The van der Waals surface area contributed by atoms with Crippen LogP contribution in [0, 0.1) is 5.92 Å². The molecule has 0 spiro atoms. The van der Waals surface area contributed by atoms with E-state index in [1.807, 2.05) is 0 Å². The Morgan fingerprint density at radius 2 is 2.00 bits per heavy atom. The summed E-state index contributed by atoms with van der Waals surface area (Å²) in [5.74, 6) is -0.948. The van der Waals surface area contributed by atoms with Gasteiger partial charge in [-0.3, -0.25) is 9.59 Å². The monoisotopic (exact) mass is 326 g/mol. The van der Waals surface area contributed by atoms with Gasteiger partial charge in [-0.1, -0.05) is 6.07 Å². The number of rotatable bonds is 3. The highest BCUT2D eigenvalue weighted by molar-refractivity contribution is 5.97. The summed E-state index contributed by atoms with van der Waals surface area (Å²) in [5, 5.41) is 2.49. The third-order valence-corrected chi connectivity index (χ3v) is 4.50. The second kappa shape index (κ2) is 5.86. The van der Waals surface area contributed by atoms with Gasteiger partial charge in [-0.15, -0.1) is 0 Å². The van der Waals surface area contributed by atoms with Crippen LogP contribution in [0.25, 0.3) is 0 Å². The Hall–Kier alpha value is -2.05. The molecule has 7 heteroatoms. The fraction of sp³-hybridized carbons (Fsp3) is 0.500. The van der Waals surface area contributed by atoms with Crippen molar-refractivity contribution in [2.75, 3.05) is 11.9 Å². The summed E-state index contributed by atoms with van der Waals surface area (Å²) in [6, 6.07) is 4.74. The van der Waals surface area contributed by atoms with Crippen LogP contribution in [0.3, 0.4) is 0 Å². The second-order valence-electron chi connectivity index (χ2n) is 6.10. The molecule has 1 unspecified atom stereocenters. The number of hydrogen-bond donors (Lipinski definition) is 1. The quantitative estimate of drug-likeness (QED) is 0.928. The first kappa shape index (κ1) is 15.8. The lowest BCUT2D eigenvalue weighted by molar-refractivity contribution is -0.137. The van der Waals surface area contributed by atoms with Gasteiger partial charge < -0.3 is 10.2 Å². The lowest BCUT2D eigenvalue weighted by Crippen LogP contribution is -2.41. The third-order valence-electron chi connectivity index (χ3n) is 4.50. The minimum absolute atomic E-state index is 0.0427. The van der Waals surface area contributed by atoms with Crippen molar-refractivity contribution in [3.8, 4) is 0 Å². The zero-order valence-corrected chi connectivity index (χ0v) is 12.4. The predicted molar refractivity (Wildman–Crippen MR) is 77.5 cm³/mol. The number of alkyl halides is 3. The van der Waals surface area contributed by atoms with Crippen molar-refractivity contribution in [2.45, 2.75) is 37.9 Å². The van der Waals surface area contributed by atoms with Crippen LogP contribution in [-0.2, 0) is 15.8 Å². The maximum atomic E-state index is 12.7. The molecule has 1 aliphatic heterocycles. The number of anilines is 1. The summed E-state index contributed by atoms with van der Waals surface area (Å²) in [4.78, 5) is 25.9. The smallest absolute Gasteiger partial charge is 0.339 e. The summed E-state index contributed by atoms with van der Waals surface area (Å²) in [6.07, 6.45) is -1.30. The van der Waals surface area contributed by atoms with Crippen molar-refractivity contribution in [1.82, 2.24) is 4.90 Å². The van der Waals surface area contributed by atoms with Crippen molar-refractivity contribution in [3.63, 3.8) is 0 Å². The number of amides is 2. The van der Waals surface area contributed by atoms with E-state index in [1.54, 1.807) is 4.90 Å². The summed E-state index contributed by atoms with van der Waals surface area (Å²) in [5.41, 5.74) is -0.715. The molecule has 0 radical (unpaired) electrons. The Labute approximate surface area is 131 Å². The molecule has 2 fully saturated rings. The van der Waals surface area contributed by atoms with Gasteiger partial charge in [0.05, 0.1) is 11.5 Å². The molecule has 23 heavy (non-hydrogen) atoms. The maximum absolute atomic E-state index is 12.7. The van der Waals surface area contributed by atoms with Crippen LogP contribution in [0.2, 0.25) is 0 Å². The van der Waals surface area contributed by atoms with E-state index in [4.69, 9.17) is 0 Å². The zero-order valence-electron chi connectivity index (χ0n) is 12.4. The average Bonchev–Trinajstić information content (AvgIpc) is 2.78. The lowest BCUT2D eigenvalue weighted by atomic mass is 9.92. The standard InChI is InChI=1S/C16H17F3N2O2/c17-16(18,19)11-3-1-4-12(8-11)20-15(23)10-7-14(22)21(9-10)13-5-2-6-13/h1,3-4,8,10,13H,2,5-7,9H2,(H,20,23). The molecular weight excluding hydrogens is 309 g/mol. The summed E-state index contributed by atoms with van der Waals surface area (Å²) >= 11 is 0. The fourth-order valence-electron chi connectivity index (χ4n) is 2.98. The highest BCUT2D eigenvalue weighted by Gasteiger charge is 2.39. The Morgan fingerprint density at radius 3 is 2.61 bits per heavy atom. The minimum atomic E-state index is -4.45. The van der Waals surface area contributed by atoms with Crippen LogP contribution in [0.4, 0.5) is 18.9 Å². The van der Waals surface area contributed by atoms with E-state index in [0.717, 1.165) is 31.4 Å². The minimum Gasteiger partial charge on any atom is -0.339 e. The van der Waals surface area contributed by atoms with Gasteiger partial charge in [0.1, 0.15) is 0 Å². The van der Waals surface area contributed by atoms with Crippen molar-refractivity contribution < 1.29 is 22.8 Å².